The number of carbonyl (C=O) groups is 1. The number of nitrogens with two attached hydrogens (primary N) is 2. The molecule has 0 aliphatic carbocycles. The molecule has 0 fully saturated rings. The molecular formula is C2H7N5O3. The van der Waals surface area contributed by atoms with Crippen molar-refractivity contribution in [3.8, 4) is 0 Å². The number of guanidine groups is 1. The van der Waals surface area contributed by atoms with Gasteiger partial charge < -0.3 is 16.7 Å². The Morgan fingerprint density at radius 2 is 2.20 bits per heavy atom. The van der Waals surface area contributed by atoms with Crippen LogP contribution in [0.5, 0.6) is 0 Å². The predicted octanol–water partition coefficient (Wildman–Crippen LogP) is -1.95. The first-order valence-electron chi connectivity index (χ1n) is 2.09. The second-order valence-electron chi connectivity index (χ2n) is 1.21. The van der Waals surface area contributed by atoms with Gasteiger partial charge in [0.1, 0.15) is 0 Å². The van der Waals surface area contributed by atoms with Gasteiger partial charge in [-0.05, 0) is 0 Å². The van der Waals surface area contributed by atoms with Crippen LogP contribution in [0.25, 0.3) is 0 Å². The Labute approximate surface area is 55.6 Å². The van der Waals surface area contributed by atoms with E-state index in [1.165, 1.54) is 5.59 Å². The van der Waals surface area contributed by atoms with Gasteiger partial charge in [-0.1, -0.05) is 0 Å². The topological polar surface area (TPSA) is 137 Å². The maximum atomic E-state index is 10.0. The summed E-state index contributed by atoms with van der Waals surface area (Å²) in [4.78, 5) is 10.0. The molecule has 1 amide bonds. The van der Waals surface area contributed by atoms with E-state index in [0.717, 1.165) is 0 Å². The van der Waals surface area contributed by atoms with Gasteiger partial charge in [0.25, 0.3) is 0 Å². The van der Waals surface area contributed by atoms with E-state index in [9.17, 15) is 4.79 Å². The molecule has 0 aromatic rings. The van der Waals surface area contributed by atoms with Crippen LogP contribution in [-0.4, -0.2) is 27.4 Å². The molecule has 0 aromatic heterocycles. The number of amides is 1. The van der Waals surface area contributed by atoms with Crippen molar-refractivity contribution >= 4 is 12.1 Å². The fourth-order valence-corrected chi connectivity index (χ4v) is 0.250. The molecule has 0 saturated carbocycles. The SMILES string of the molecule is NN=C(N)N(NO)C(=O)O. The van der Waals surface area contributed by atoms with E-state index in [2.05, 4.69) is 10.9 Å². The Hall–Kier alpha value is -1.54. The highest BCUT2D eigenvalue weighted by Gasteiger charge is 2.13. The van der Waals surface area contributed by atoms with Crippen LogP contribution in [0.2, 0.25) is 0 Å². The fraction of sp³-hybridized carbons (Fsp3) is 0. The van der Waals surface area contributed by atoms with E-state index in [1.807, 2.05) is 0 Å². The minimum Gasteiger partial charge on any atom is -0.464 e. The summed E-state index contributed by atoms with van der Waals surface area (Å²) in [6.45, 7) is 0. The van der Waals surface area contributed by atoms with Gasteiger partial charge in [0.2, 0.25) is 5.96 Å². The second kappa shape index (κ2) is 3.48. The van der Waals surface area contributed by atoms with Gasteiger partial charge in [-0.25, -0.2) is 4.79 Å². The molecular weight excluding hydrogens is 142 g/mol. The molecule has 0 spiro atoms. The summed E-state index contributed by atoms with van der Waals surface area (Å²) < 4.78 is 0. The quantitative estimate of drug-likeness (QED) is 0.127. The summed E-state index contributed by atoms with van der Waals surface area (Å²) in [7, 11) is 0. The van der Waals surface area contributed by atoms with Crippen molar-refractivity contribution in [2.24, 2.45) is 16.7 Å². The molecule has 58 valence electrons. The number of hydrazone groups is 1. The van der Waals surface area contributed by atoms with Crippen molar-refractivity contribution in [3.63, 3.8) is 0 Å². The normalized spacial score (nSPS) is 11.1. The van der Waals surface area contributed by atoms with Crippen LogP contribution < -0.4 is 17.2 Å². The van der Waals surface area contributed by atoms with Crippen LogP contribution in [0.3, 0.4) is 0 Å². The molecule has 0 rings (SSSR count). The average Bonchev–Trinajstić information content (AvgIpc) is 1.88. The molecule has 0 aliphatic heterocycles. The van der Waals surface area contributed by atoms with Gasteiger partial charge >= 0.3 is 6.09 Å². The number of nitrogens with zero attached hydrogens (tertiary/aromatic N) is 2. The van der Waals surface area contributed by atoms with Crippen LogP contribution >= 0.6 is 0 Å². The van der Waals surface area contributed by atoms with Crippen LogP contribution in [0.1, 0.15) is 0 Å². The summed E-state index contributed by atoms with van der Waals surface area (Å²) in [6.07, 6.45) is -1.52. The molecule has 8 nitrogen and oxygen atoms in total. The summed E-state index contributed by atoms with van der Waals surface area (Å²) in [5, 5.41) is 19.2. The Balaban J connectivity index is 4.21. The lowest BCUT2D eigenvalue weighted by Crippen LogP contribution is -2.49. The number of hydrogen-bond donors (Lipinski definition) is 5. The van der Waals surface area contributed by atoms with E-state index in [-0.39, 0.29) is 5.01 Å². The first-order chi connectivity index (χ1) is 4.63. The molecule has 8 heteroatoms. The lowest BCUT2D eigenvalue weighted by atomic mass is 10.9. The van der Waals surface area contributed by atoms with Crippen molar-refractivity contribution < 1.29 is 15.1 Å². The van der Waals surface area contributed by atoms with E-state index in [0.29, 0.717) is 0 Å². The number of rotatable bonds is 1. The van der Waals surface area contributed by atoms with Crippen molar-refractivity contribution in [3.05, 3.63) is 0 Å². The van der Waals surface area contributed by atoms with E-state index < -0.39 is 12.1 Å². The van der Waals surface area contributed by atoms with Gasteiger partial charge in [-0.15, -0.1) is 10.7 Å². The molecule has 0 radical (unpaired) electrons. The van der Waals surface area contributed by atoms with Crippen molar-refractivity contribution in [1.29, 1.82) is 0 Å². The maximum absolute atomic E-state index is 10.0. The Bertz CT molecular complexity index is 155. The Kier molecular flexibility index (Phi) is 2.94. The monoisotopic (exact) mass is 149 g/mol. The first-order valence-corrected chi connectivity index (χ1v) is 2.09. The van der Waals surface area contributed by atoms with Crippen LogP contribution in [-0.2, 0) is 0 Å². The number of nitrogens with one attached hydrogen (secondary N) is 1. The molecule has 7 N–H and O–H groups in total. The summed E-state index contributed by atoms with van der Waals surface area (Å²) in [5.41, 5.74) is 6.13. The van der Waals surface area contributed by atoms with Gasteiger partial charge in [0, 0.05) is 0 Å². The minimum atomic E-state index is -1.52. The Morgan fingerprint density at radius 1 is 1.70 bits per heavy atom. The van der Waals surface area contributed by atoms with Crippen LogP contribution in [0.15, 0.2) is 5.10 Å². The molecule has 0 aromatic carbocycles. The van der Waals surface area contributed by atoms with Gasteiger partial charge in [0.05, 0.1) is 0 Å². The zero-order valence-electron chi connectivity index (χ0n) is 4.85. The zero-order valence-corrected chi connectivity index (χ0v) is 4.85. The minimum absolute atomic E-state index is 0.139. The molecule has 0 unspecified atom stereocenters. The summed E-state index contributed by atoms with van der Waals surface area (Å²) in [6, 6.07) is 0. The number of carboxylic acid groups (broad SMARTS) is 1. The molecule has 0 bridgehead atoms. The van der Waals surface area contributed by atoms with Gasteiger partial charge in [-0.3, -0.25) is 5.21 Å². The molecule has 0 aliphatic rings. The lowest BCUT2D eigenvalue weighted by Gasteiger charge is -2.12. The van der Waals surface area contributed by atoms with E-state index in [1.54, 1.807) is 0 Å². The molecule has 0 heterocycles. The van der Waals surface area contributed by atoms with Crippen molar-refractivity contribution in [1.82, 2.24) is 10.6 Å². The zero-order chi connectivity index (χ0) is 8.15. The lowest BCUT2D eigenvalue weighted by molar-refractivity contribution is 0.0335. The highest BCUT2D eigenvalue weighted by Crippen LogP contribution is 1.79. The third-order valence-corrected chi connectivity index (χ3v) is 0.653. The highest BCUT2D eigenvalue weighted by molar-refractivity contribution is 5.91. The second-order valence-corrected chi connectivity index (χ2v) is 1.21. The number of hydrazine groups is 1. The third-order valence-electron chi connectivity index (χ3n) is 0.653. The summed E-state index contributed by atoms with van der Waals surface area (Å²) in [5.74, 6) is 4.03. The largest absolute Gasteiger partial charge is 0.464 e. The first kappa shape index (κ1) is 8.46. The predicted molar refractivity (Wildman–Crippen MR) is 30.6 cm³/mol. The smallest absolute Gasteiger partial charge is 0.431 e. The number of hydrogen-bond acceptors (Lipinski definition) is 5. The average molecular weight is 149 g/mol. The standard InChI is InChI=1S/C2H7N5O3/c3-1(5-4)7(6-10)2(8)9/h6,10H,4H2,(H2,3,5)(H,8,9). The van der Waals surface area contributed by atoms with E-state index >= 15 is 0 Å². The third kappa shape index (κ3) is 1.76. The molecule has 10 heavy (non-hydrogen) atoms. The molecule has 0 atom stereocenters. The van der Waals surface area contributed by atoms with Crippen molar-refractivity contribution in [2.45, 2.75) is 0 Å². The van der Waals surface area contributed by atoms with Gasteiger partial charge in [-0.2, -0.15) is 5.01 Å². The van der Waals surface area contributed by atoms with Crippen molar-refractivity contribution in [2.75, 3.05) is 0 Å². The Morgan fingerprint density at radius 3 is 2.30 bits per heavy atom. The maximum Gasteiger partial charge on any atom is 0.431 e. The van der Waals surface area contributed by atoms with E-state index in [4.69, 9.17) is 16.0 Å². The van der Waals surface area contributed by atoms with Crippen LogP contribution in [0.4, 0.5) is 4.79 Å². The van der Waals surface area contributed by atoms with Gasteiger partial charge in [0.15, 0.2) is 0 Å². The fourth-order valence-electron chi connectivity index (χ4n) is 0.250. The highest BCUT2D eigenvalue weighted by atomic mass is 16.5. The molecule has 0 saturated heterocycles. The summed E-state index contributed by atoms with van der Waals surface area (Å²) >= 11 is 0. The van der Waals surface area contributed by atoms with Crippen LogP contribution in [0, 0.1) is 0 Å².